The van der Waals surface area contributed by atoms with Gasteiger partial charge in [0.1, 0.15) is 0 Å². The summed E-state index contributed by atoms with van der Waals surface area (Å²) in [5.41, 5.74) is 1.73. The Bertz CT molecular complexity index is 681. The predicted molar refractivity (Wildman–Crippen MR) is 91.1 cm³/mol. The van der Waals surface area contributed by atoms with Gasteiger partial charge in [-0.15, -0.1) is 0 Å². The number of anilines is 1. The molecule has 0 spiro atoms. The van der Waals surface area contributed by atoms with Crippen molar-refractivity contribution in [1.29, 1.82) is 0 Å². The molecule has 0 radical (unpaired) electrons. The molecular formula is C17H17BrN2O2. The van der Waals surface area contributed by atoms with E-state index in [1.807, 2.05) is 38.1 Å². The number of hydrogen-bond donors (Lipinski definition) is 2. The quantitative estimate of drug-likeness (QED) is 0.869. The second-order valence-corrected chi connectivity index (χ2v) is 5.99. The molecule has 2 rings (SSSR count). The minimum Gasteiger partial charge on any atom is -0.350 e. The van der Waals surface area contributed by atoms with Crippen molar-refractivity contribution in [3.05, 3.63) is 64.1 Å². The van der Waals surface area contributed by atoms with E-state index in [4.69, 9.17) is 0 Å². The molecule has 0 heterocycles. The largest absolute Gasteiger partial charge is 0.350 e. The molecule has 0 aliphatic carbocycles. The number of para-hydroxylation sites is 1. The van der Waals surface area contributed by atoms with Crippen molar-refractivity contribution in [2.45, 2.75) is 19.9 Å². The Morgan fingerprint density at radius 1 is 0.909 bits per heavy atom. The van der Waals surface area contributed by atoms with E-state index < -0.39 is 0 Å². The molecule has 0 aromatic heterocycles. The van der Waals surface area contributed by atoms with Crippen LogP contribution in [-0.2, 0) is 0 Å². The molecule has 22 heavy (non-hydrogen) atoms. The monoisotopic (exact) mass is 360 g/mol. The highest BCUT2D eigenvalue weighted by Crippen LogP contribution is 2.21. The van der Waals surface area contributed by atoms with Gasteiger partial charge in [-0.2, -0.15) is 0 Å². The maximum atomic E-state index is 12.2. The Hall–Kier alpha value is -2.14. The number of halogens is 1. The summed E-state index contributed by atoms with van der Waals surface area (Å²) >= 11 is 3.38. The van der Waals surface area contributed by atoms with Crippen molar-refractivity contribution in [2.75, 3.05) is 5.32 Å². The van der Waals surface area contributed by atoms with E-state index in [0.717, 1.165) is 4.47 Å². The van der Waals surface area contributed by atoms with Crippen LogP contribution in [0.15, 0.2) is 53.0 Å². The molecule has 4 nitrogen and oxygen atoms in total. The van der Waals surface area contributed by atoms with Gasteiger partial charge < -0.3 is 10.6 Å². The van der Waals surface area contributed by atoms with E-state index in [2.05, 4.69) is 26.6 Å². The van der Waals surface area contributed by atoms with Crippen molar-refractivity contribution in [3.63, 3.8) is 0 Å². The minimum absolute atomic E-state index is 0.0749. The number of hydrogen-bond acceptors (Lipinski definition) is 2. The average Bonchev–Trinajstić information content (AvgIpc) is 2.49. The van der Waals surface area contributed by atoms with Crippen LogP contribution < -0.4 is 10.6 Å². The zero-order chi connectivity index (χ0) is 16.1. The second-order valence-electron chi connectivity index (χ2n) is 5.14. The first-order chi connectivity index (χ1) is 10.5. The highest BCUT2D eigenvalue weighted by Gasteiger charge is 2.10. The highest BCUT2D eigenvalue weighted by molar-refractivity contribution is 9.10. The van der Waals surface area contributed by atoms with Gasteiger partial charge in [-0.05, 0) is 66.2 Å². The summed E-state index contributed by atoms with van der Waals surface area (Å²) in [6, 6.07) is 14.0. The molecule has 5 heteroatoms. The minimum atomic E-state index is -0.220. The lowest BCUT2D eigenvalue weighted by Crippen LogP contribution is -2.30. The number of carbonyl (C=O) groups excluding carboxylic acids is 2. The molecule has 0 unspecified atom stereocenters. The third-order valence-corrected chi connectivity index (χ3v) is 3.64. The van der Waals surface area contributed by atoms with E-state index in [9.17, 15) is 9.59 Å². The molecule has 2 N–H and O–H groups in total. The summed E-state index contributed by atoms with van der Waals surface area (Å²) < 4.78 is 0.816. The second kappa shape index (κ2) is 7.22. The van der Waals surface area contributed by atoms with E-state index >= 15 is 0 Å². The lowest BCUT2D eigenvalue weighted by Gasteiger charge is -2.09. The standard InChI is InChI=1S/C17H17BrN2O2/c1-11(2)19-16(21)12-7-9-13(10-8-12)17(22)20-15-6-4-3-5-14(15)18/h3-11H,1-2H3,(H,19,21)(H,20,22). The third kappa shape index (κ3) is 4.18. The number of amides is 2. The summed E-state index contributed by atoms with van der Waals surface area (Å²) in [4.78, 5) is 24.0. The third-order valence-electron chi connectivity index (χ3n) is 2.95. The molecule has 0 atom stereocenters. The number of nitrogens with one attached hydrogen (secondary N) is 2. The Morgan fingerprint density at radius 3 is 2.00 bits per heavy atom. The number of rotatable bonds is 4. The molecule has 0 saturated heterocycles. The van der Waals surface area contributed by atoms with E-state index in [1.54, 1.807) is 24.3 Å². The molecular weight excluding hydrogens is 344 g/mol. The van der Waals surface area contributed by atoms with Crippen LogP contribution in [-0.4, -0.2) is 17.9 Å². The summed E-state index contributed by atoms with van der Waals surface area (Å²) in [5, 5.41) is 5.63. The van der Waals surface area contributed by atoms with Crippen molar-refractivity contribution in [3.8, 4) is 0 Å². The molecule has 0 fully saturated rings. The van der Waals surface area contributed by atoms with Gasteiger partial charge in [0.15, 0.2) is 0 Å². The number of carbonyl (C=O) groups is 2. The SMILES string of the molecule is CC(C)NC(=O)c1ccc(C(=O)Nc2ccccc2Br)cc1. The fourth-order valence-corrected chi connectivity index (χ4v) is 2.26. The van der Waals surface area contributed by atoms with Crippen LogP contribution >= 0.6 is 15.9 Å². The zero-order valence-electron chi connectivity index (χ0n) is 12.4. The van der Waals surface area contributed by atoms with Gasteiger partial charge in [0, 0.05) is 21.6 Å². The zero-order valence-corrected chi connectivity index (χ0v) is 14.0. The lowest BCUT2D eigenvalue weighted by atomic mass is 10.1. The van der Waals surface area contributed by atoms with Gasteiger partial charge in [-0.3, -0.25) is 9.59 Å². The van der Waals surface area contributed by atoms with Gasteiger partial charge in [-0.1, -0.05) is 12.1 Å². The Kier molecular flexibility index (Phi) is 5.33. The molecule has 114 valence electrons. The Morgan fingerprint density at radius 2 is 1.45 bits per heavy atom. The van der Waals surface area contributed by atoms with Crippen LogP contribution in [0.3, 0.4) is 0 Å². The predicted octanol–water partition coefficient (Wildman–Crippen LogP) is 3.84. The highest BCUT2D eigenvalue weighted by atomic mass is 79.9. The van der Waals surface area contributed by atoms with Crippen LogP contribution in [0.1, 0.15) is 34.6 Å². The van der Waals surface area contributed by atoms with Gasteiger partial charge in [-0.25, -0.2) is 0 Å². The summed E-state index contributed by atoms with van der Waals surface area (Å²) in [5.74, 6) is -0.365. The summed E-state index contributed by atoms with van der Waals surface area (Å²) in [6.45, 7) is 3.80. The molecule has 2 aromatic rings. The first kappa shape index (κ1) is 16.2. The summed E-state index contributed by atoms with van der Waals surface area (Å²) in [6.07, 6.45) is 0. The van der Waals surface area contributed by atoms with Crippen molar-refractivity contribution >= 4 is 33.4 Å². The molecule has 0 aliphatic rings. The molecule has 0 bridgehead atoms. The normalized spacial score (nSPS) is 10.4. The van der Waals surface area contributed by atoms with Crippen LogP contribution in [0, 0.1) is 0 Å². The van der Waals surface area contributed by atoms with Crippen LogP contribution in [0.5, 0.6) is 0 Å². The van der Waals surface area contributed by atoms with Crippen LogP contribution in [0.2, 0.25) is 0 Å². The van der Waals surface area contributed by atoms with Gasteiger partial charge in [0.05, 0.1) is 5.69 Å². The van der Waals surface area contributed by atoms with Crippen LogP contribution in [0.25, 0.3) is 0 Å². The fraction of sp³-hybridized carbons (Fsp3) is 0.176. The summed E-state index contributed by atoms with van der Waals surface area (Å²) in [7, 11) is 0. The van der Waals surface area contributed by atoms with Gasteiger partial charge >= 0.3 is 0 Å². The van der Waals surface area contributed by atoms with Crippen LogP contribution in [0.4, 0.5) is 5.69 Å². The first-order valence-electron chi connectivity index (χ1n) is 6.94. The van der Waals surface area contributed by atoms with E-state index in [0.29, 0.717) is 16.8 Å². The van der Waals surface area contributed by atoms with E-state index in [1.165, 1.54) is 0 Å². The molecule has 0 aliphatic heterocycles. The first-order valence-corrected chi connectivity index (χ1v) is 7.73. The lowest BCUT2D eigenvalue weighted by molar-refractivity contribution is 0.0941. The fourth-order valence-electron chi connectivity index (χ4n) is 1.88. The Balaban J connectivity index is 2.08. The van der Waals surface area contributed by atoms with Gasteiger partial charge in [0.2, 0.25) is 0 Å². The maximum absolute atomic E-state index is 12.2. The average molecular weight is 361 g/mol. The van der Waals surface area contributed by atoms with Crippen molar-refractivity contribution in [2.24, 2.45) is 0 Å². The Labute approximate surface area is 138 Å². The van der Waals surface area contributed by atoms with Crippen molar-refractivity contribution in [1.82, 2.24) is 5.32 Å². The smallest absolute Gasteiger partial charge is 0.255 e. The van der Waals surface area contributed by atoms with Crippen molar-refractivity contribution < 1.29 is 9.59 Å². The molecule has 2 aromatic carbocycles. The maximum Gasteiger partial charge on any atom is 0.255 e. The molecule has 2 amide bonds. The van der Waals surface area contributed by atoms with Gasteiger partial charge in [0.25, 0.3) is 11.8 Å². The molecule has 0 saturated carbocycles. The topological polar surface area (TPSA) is 58.2 Å². The van der Waals surface area contributed by atoms with E-state index in [-0.39, 0.29) is 17.9 Å². The number of benzene rings is 2.